The lowest BCUT2D eigenvalue weighted by molar-refractivity contribution is -0.139. The molecule has 0 spiro atoms. The van der Waals surface area contributed by atoms with E-state index in [4.69, 9.17) is 4.74 Å². The van der Waals surface area contributed by atoms with E-state index in [9.17, 15) is 35.9 Å². The van der Waals surface area contributed by atoms with E-state index in [-0.39, 0.29) is 35.9 Å². The van der Waals surface area contributed by atoms with E-state index >= 15 is 0 Å². The number of alkyl halides is 5. The van der Waals surface area contributed by atoms with Crippen LogP contribution in [0.15, 0.2) is 44.7 Å². The van der Waals surface area contributed by atoms with Crippen LogP contribution in [-0.4, -0.2) is 48.3 Å². The molecule has 16 heteroatoms. The molecular weight excluding hydrogens is 654 g/mol. The predicted octanol–water partition coefficient (Wildman–Crippen LogP) is 6.29. The first kappa shape index (κ1) is 33.8. The molecule has 0 bridgehead atoms. The first-order valence-corrected chi connectivity index (χ1v) is 17.5. The molecule has 3 rings (SSSR count). The normalized spacial score (nSPS) is 13.2. The quantitative estimate of drug-likeness (QED) is 0.122. The summed E-state index contributed by atoms with van der Waals surface area (Å²) in [6, 6.07) is 3.78. The third-order valence-electron chi connectivity index (χ3n) is 6.29. The molecule has 2 aromatic heterocycles. The lowest BCUT2D eigenvalue weighted by atomic mass is 10.1. The van der Waals surface area contributed by atoms with Crippen LogP contribution >= 0.6 is 15.9 Å². The van der Waals surface area contributed by atoms with Crippen LogP contribution in [0.3, 0.4) is 0 Å². The van der Waals surface area contributed by atoms with Crippen LogP contribution < -0.4 is 16.4 Å². The highest BCUT2D eigenvalue weighted by Crippen LogP contribution is 2.32. The molecule has 0 amide bonds. The molecule has 0 aliphatic carbocycles. The van der Waals surface area contributed by atoms with Crippen LogP contribution in [0, 0.1) is 5.82 Å². The van der Waals surface area contributed by atoms with Gasteiger partial charge in [-0.2, -0.15) is 27.1 Å². The molecule has 1 aromatic carbocycles. The number of benzene rings is 1. The van der Waals surface area contributed by atoms with Crippen molar-refractivity contribution in [2.45, 2.75) is 70.6 Å². The number of nitrogens with one attached hydrogen (secondary N) is 1. The number of fused-ring (bicyclic) bond motifs is 1. The van der Waals surface area contributed by atoms with Crippen molar-refractivity contribution >= 4 is 40.5 Å². The number of pyridine rings is 1. The number of anilines is 1. The van der Waals surface area contributed by atoms with Gasteiger partial charge >= 0.3 is 12.8 Å². The molecule has 8 nitrogen and oxygen atoms in total. The van der Waals surface area contributed by atoms with Gasteiger partial charge in [0.05, 0.1) is 28.4 Å². The zero-order chi connectivity index (χ0) is 31.2. The Labute approximate surface area is 246 Å². The summed E-state index contributed by atoms with van der Waals surface area (Å²) in [6.45, 7) is 2.24. The Morgan fingerprint density at radius 1 is 1.14 bits per heavy atom. The monoisotopic (exact) mass is 684 g/mol. The third kappa shape index (κ3) is 9.41. The van der Waals surface area contributed by atoms with Crippen molar-refractivity contribution in [2.24, 2.45) is 0 Å². The maximum atomic E-state index is 14.0. The average Bonchev–Trinajstić information content (AvgIpc) is 2.87. The third-order valence-corrected chi connectivity index (χ3v) is 8.60. The van der Waals surface area contributed by atoms with Crippen LogP contribution in [0.4, 0.5) is 32.0 Å². The maximum absolute atomic E-state index is 14.0. The average molecular weight is 686 g/mol. The van der Waals surface area contributed by atoms with Crippen molar-refractivity contribution < 1.29 is 35.8 Å². The van der Waals surface area contributed by atoms with Crippen molar-refractivity contribution in [3.63, 3.8) is 0 Å². The number of rotatable bonds is 14. The minimum absolute atomic E-state index is 0.0217. The first-order valence-electron chi connectivity index (χ1n) is 13.0. The van der Waals surface area contributed by atoms with Crippen molar-refractivity contribution in [1.82, 2.24) is 14.3 Å². The largest absolute Gasteiger partial charge is 0.423 e. The van der Waals surface area contributed by atoms with Gasteiger partial charge in [-0.05, 0) is 58.4 Å². The fraction of sp³-hybridized carbons (Fsp3) is 0.500. The lowest BCUT2D eigenvalue weighted by Gasteiger charge is -2.23. The van der Waals surface area contributed by atoms with Gasteiger partial charge in [0.2, 0.25) is 0 Å². The zero-order valence-corrected chi connectivity index (χ0v) is 25.7. The molecule has 0 radical (unpaired) electrons. The molecule has 0 aliphatic heterocycles. The fourth-order valence-corrected chi connectivity index (χ4v) is 5.18. The van der Waals surface area contributed by atoms with E-state index in [2.05, 4.69) is 50.7 Å². The standard InChI is InChI=1S/C26H31BrF6N4O4Si/c1-42(2,3)10-9-40-15-37-24(39)22(26(31,32)33)21(13-34-37)35-17(14-41-25(29)30)5-4-7-36-8-6-16-11-19(27)20(28)12-18(16)23(36)38/h6,8,11-13,17,25,35H,4-5,7,9-10,14-15H2,1-3H3. The van der Waals surface area contributed by atoms with E-state index in [0.29, 0.717) is 10.1 Å². The van der Waals surface area contributed by atoms with Crippen molar-refractivity contribution in [3.05, 3.63) is 67.2 Å². The van der Waals surface area contributed by atoms with E-state index in [1.807, 2.05) is 0 Å². The van der Waals surface area contributed by atoms with Gasteiger partial charge in [-0.1, -0.05) is 19.6 Å². The fourth-order valence-electron chi connectivity index (χ4n) is 4.06. The van der Waals surface area contributed by atoms with Crippen LogP contribution in [-0.2, 0) is 28.9 Å². The molecule has 0 saturated carbocycles. The summed E-state index contributed by atoms with van der Waals surface area (Å²) >= 11 is 3.06. The Hall–Kier alpha value is -2.69. The molecule has 0 aliphatic rings. The SMILES string of the molecule is C[Si](C)(C)CCOCn1ncc(NC(CCCn2ccc3cc(Br)c(F)cc3c2=O)COC(F)F)c(C(F)(F)F)c1=O. The van der Waals surface area contributed by atoms with Crippen molar-refractivity contribution in [3.8, 4) is 0 Å². The Bertz CT molecular complexity index is 1490. The second-order valence-corrected chi connectivity index (χ2v) is 17.3. The van der Waals surface area contributed by atoms with E-state index in [1.54, 1.807) is 6.07 Å². The Balaban J connectivity index is 1.78. The molecule has 1 N–H and O–H groups in total. The number of aryl methyl sites for hydroxylation is 1. The minimum Gasteiger partial charge on any atom is -0.378 e. The second kappa shape index (κ2) is 14.2. The maximum Gasteiger partial charge on any atom is 0.423 e. The highest BCUT2D eigenvalue weighted by Gasteiger charge is 2.38. The first-order chi connectivity index (χ1) is 19.6. The number of nitrogens with zero attached hydrogens (tertiary/aromatic N) is 3. The highest BCUT2D eigenvalue weighted by molar-refractivity contribution is 9.10. The Kier molecular flexibility index (Phi) is 11.4. The van der Waals surface area contributed by atoms with Crippen molar-refractivity contribution in [1.29, 1.82) is 0 Å². The predicted molar refractivity (Wildman–Crippen MR) is 152 cm³/mol. The smallest absolute Gasteiger partial charge is 0.378 e. The van der Waals surface area contributed by atoms with Gasteiger partial charge in [0.1, 0.15) is 18.1 Å². The Morgan fingerprint density at radius 2 is 1.86 bits per heavy atom. The molecule has 232 valence electrons. The van der Waals surface area contributed by atoms with E-state index in [0.717, 1.165) is 18.3 Å². The number of aromatic nitrogens is 3. The number of hydrogen-bond donors (Lipinski definition) is 1. The summed E-state index contributed by atoms with van der Waals surface area (Å²) in [4.78, 5) is 25.5. The van der Waals surface area contributed by atoms with Crippen LogP contribution in [0.1, 0.15) is 18.4 Å². The van der Waals surface area contributed by atoms with Gasteiger partial charge in [0.15, 0.2) is 0 Å². The van der Waals surface area contributed by atoms with Gasteiger partial charge in [-0.15, -0.1) is 0 Å². The summed E-state index contributed by atoms with van der Waals surface area (Å²) in [5.74, 6) is -0.625. The van der Waals surface area contributed by atoms with Gasteiger partial charge in [-0.25, -0.2) is 9.07 Å². The molecule has 1 atom stereocenters. The summed E-state index contributed by atoms with van der Waals surface area (Å²) in [7, 11) is -1.47. The summed E-state index contributed by atoms with van der Waals surface area (Å²) in [6.07, 6.45) is -2.69. The summed E-state index contributed by atoms with van der Waals surface area (Å²) in [5, 5.41) is 6.88. The van der Waals surface area contributed by atoms with E-state index in [1.165, 1.54) is 16.8 Å². The second-order valence-electron chi connectivity index (χ2n) is 10.8. The molecule has 3 aromatic rings. The molecule has 0 fully saturated rings. The minimum atomic E-state index is -5.08. The van der Waals surface area contributed by atoms with Crippen LogP contribution in [0.2, 0.25) is 25.7 Å². The van der Waals surface area contributed by atoms with E-state index < -0.39 is 68.4 Å². The molecule has 0 saturated heterocycles. The van der Waals surface area contributed by atoms with Crippen LogP contribution in [0.5, 0.6) is 0 Å². The number of halogens is 7. The molecule has 2 heterocycles. The van der Waals surface area contributed by atoms with Gasteiger partial charge in [0.25, 0.3) is 11.1 Å². The van der Waals surface area contributed by atoms with Gasteiger partial charge in [-0.3, -0.25) is 9.59 Å². The molecular formula is C26H31BrF6N4O4Si. The number of ether oxygens (including phenoxy) is 2. The zero-order valence-electron chi connectivity index (χ0n) is 23.1. The van der Waals surface area contributed by atoms with Crippen molar-refractivity contribution in [2.75, 3.05) is 18.5 Å². The molecule has 1 unspecified atom stereocenters. The summed E-state index contributed by atoms with van der Waals surface area (Å²) in [5.41, 5.74) is -4.19. The molecule has 42 heavy (non-hydrogen) atoms. The summed E-state index contributed by atoms with van der Waals surface area (Å²) < 4.78 is 93.2. The van der Waals surface area contributed by atoms with Crippen LogP contribution in [0.25, 0.3) is 10.8 Å². The number of hydrogen-bond acceptors (Lipinski definition) is 6. The van der Waals surface area contributed by atoms with Gasteiger partial charge < -0.3 is 19.4 Å². The van der Waals surface area contributed by atoms with Gasteiger partial charge in [0, 0.05) is 33.5 Å². The topological polar surface area (TPSA) is 87.4 Å². The lowest BCUT2D eigenvalue weighted by Crippen LogP contribution is -2.35. The highest BCUT2D eigenvalue weighted by atomic mass is 79.9. The Morgan fingerprint density at radius 3 is 2.50 bits per heavy atom.